The fourth-order valence-electron chi connectivity index (χ4n) is 4.96. The standard InChI is InChI=1S/C17H29N3/c1-5-8-20-12-18-10-14(20)11-19-15-16(2,3)13-6-7-17(15,4)9-13/h10,12-13,15,19H,5-9,11H2,1-4H3. The maximum atomic E-state index is 4.31. The zero-order valence-corrected chi connectivity index (χ0v) is 13.4. The van der Waals surface area contributed by atoms with Gasteiger partial charge in [0.25, 0.3) is 0 Å². The van der Waals surface area contributed by atoms with Crippen molar-refractivity contribution in [2.75, 3.05) is 0 Å². The molecule has 3 heteroatoms. The highest BCUT2D eigenvalue weighted by molar-refractivity contribution is 5.12. The van der Waals surface area contributed by atoms with Gasteiger partial charge in [0.15, 0.2) is 0 Å². The van der Waals surface area contributed by atoms with Crippen LogP contribution in [-0.4, -0.2) is 15.6 Å². The molecule has 0 spiro atoms. The van der Waals surface area contributed by atoms with Crippen LogP contribution in [0.15, 0.2) is 12.5 Å². The molecule has 20 heavy (non-hydrogen) atoms. The van der Waals surface area contributed by atoms with Crippen molar-refractivity contribution in [2.45, 2.75) is 72.5 Å². The van der Waals surface area contributed by atoms with Crippen LogP contribution < -0.4 is 5.32 Å². The Kier molecular flexibility index (Phi) is 3.44. The molecular formula is C17H29N3. The summed E-state index contributed by atoms with van der Waals surface area (Å²) in [6.07, 6.45) is 9.38. The van der Waals surface area contributed by atoms with Crippen molar-refractivity contribution >= 4 is 0 Å². The summed E-state index contributed by atoms with van der Waals surface area (Å²) in [6, 6.07) is 0.638. The molecule has 3 atom stereocenters. The molecule has 0 amide bonds. The van der Waals surface area contributed by atoms with Gasteiger partial charge in [-0.1, -0.05) is 27.7 Å². The third-order valence-electron chi connectivity index (χ3n) is 6.02. The third kappa shape index (κ3) is 2.11. The van der Waals surface area contributed by atoms with Crippen molar-refractivity contribution in [1.29, 1.82) is 0 Å². The first-order valence-corrected chi connectivity index (χ1v) is 8.20. The molecule has 3 nitrogen and oxygen atoms in total. The molecule has 2 bridgehead atoms. The number of nitrogens with one attached hydrogen (secondary N) is 1. The summed E-state index contributed by atoms with van der Waals surface area (Å²) in [5, 5.41) is 3.88. The van der Waals surface area contributed by atoms with Gasteiger partial charge in [-0.2, -0.15) is 0 Å². The zero-order valence-electron chi connectivity index (χ0n) is 13.4. The van der Waals surface area contributed by atoms with Gasteiger partial charge in [-0.15, -0.1) is 0 Å². The molecule has 0 aromatic carbocycles. The summed E-state index contributed by atoms with van der Waals surface area (Å²) < 4.78 is 2.29. The van der Waals surface area contributed by atoms with Crippen molar-refractivity contribution in [3.63, 3.8) is 0 Å². The van der Waals surface area contributed by atoms with Gasteiger partial charge in [-0.3, -0.25) is 0 Å². The number of hydrogen-bond acceptors (Lipinski definition) is 2. The maximum absolute atomic E-state index is 4.31. The lowest BCUT2D eigenvalue weighted by atomic mass is 9.68. The van der Waals surface area contributed by atoms with Crippen LogP contribution in [0.25, 0.3) is 0 Å². The normalized spacial score (nSPS) is 34.8. The third-order valence-corrected chi connectivity index (χ3v) is 6.02. The van der Waals surface area contributed by atoms with Crippen LogP contribution in [0.1, 0.15) is 59.1 Å². The van der Waals surface area contributed by atoms with E-state index in [4.69, 9.17) is 0 Å². The maximum Gasteiger partial charge on any atom is 0.0948 e. The van der Waals surface area contributed by atoms with E-state index in [2.05, 4.69) is 42.6 Å². The van der Waals surface area contributed by atoms with Gasteiger partial charge in [0.2, 0.25) is 0 Å². The van der Waals surface area contributed by atoms with Crippen LogP contribution in [0, 0.1) is 16.7 Å². The van der Waals surface area contributed by atoms with Crippen molar-refractivity contribution in [3.05, 3.63) is 18.2 Å². The van der Waals surface area contributed by atoms with Crippen LogP contribution in [0.2, 0.25) is 0 Å². The summed E-state index contributed by atoms with van der Waals surface area (Å²) in [5.74, 6) is 0.908. The smallest absolute Gasteiger partial charge is 0.0948 e. The molecule has 2 fully saturated rings. The largest absolute Gasteiger partial charge is 0.333 e. The molecule has 0 aliphatic heterocycles. The molecule has 112 valence electrons. The Morgan fingerprint density at radius 2 is 2.20 bits per heavy atom. The summed E-state index contributed by atoms with van der Waals surface area (Å²) in [5.41, 5.74) is 2.26. The molecule has 1 aromatic heterocycles. The van der Waals surface area contributed by atoms with E-state index in [-0.39, 0.29) is 0 Å². The second-order valence-electron chi connectivity index (χ2n) is 7.81. The van der Waals surface area contributed by atoms with Crippen molar-refractivity contribution in [3.8, 4) is 0 Å². The molecule has 1 heterocycles. The summed E-state index contributed by atoms with van der Waals surface area (Å²) >= 11 is 0. The van der Waals surface area contributed by atoms with Gasteiger partial charge in [0.1, 0.15) is 0 Å². The molecule has 3 rings (SSSR count). The first-order chi connectivity index (χ1) is 9.47. The lowest BCUT2D eigenvalue weighted by Crippen LogP contribution is -2.50. The minimum absolute atomic E-state index is 0.433. The number of hydrogen-bond donors (Lipinski definition) is 1. The van der Waals surface area contributed by atoms with Crippen molar-refractivity contribution < 1.29 is 0 Å². The highest BCUT2D eigenvalue weighted by atomic mass is 15.1. The minimum Gasteiger partial charge on any atom is -0.333 e. The SMILES string of the molecule is CCCn1cncc1CNC1C2(C)CCC(C2)C1(C)C. The quantitative estimate of drug-likeness (QED) is 0.890. The number of aromatic nitrogens is 2. The van der Waals surface area contributed by atoms with Crippen LogP contribution in [0.5, 0.6) is 0 Å². The second-order valence-corrected chi connectivity index (χ2v) is 7.81. The predicted molar refractivity (Wildman–Crippen MR) is 82.4 cm³/mol. The van der Waals surface area contributed by atoms with Gasteiger partial charge in [-0.25, -0.2) is 4.98 Å². The van der Waals surface area contributed by atoms with Gasteiger partial charge in [0, 0.05) is 25.3 Å². The Hall–Kier alpha value is -0.830. The topological polar surface area (TPSA) is 29.9 Å². The van der Waals surface area contributed by atoms with E-state index in [9.17, 15) is 0 Å². The average Bonchev–Trinajstić information content (AvgIpc) is 3.01. The molecule has 2 aliphatic rings. The van der Waals surface area contributed by atoms with Gasteiger partial charge in [-0.05, 0) is 42.4 Å². The molecule has 2 aliphatic carbocycles. The highest BCUT2D eigenvalue weighted by Crippen LogP contribution is 2.62. The Morgan fingerprint density at radius 3 is 2.85 bits per heavy atom. The van der Waals surface area contributed by atoms with Crippen LogP contribution in [-0.2, 0) is 13.1 Å². The minimum atomic E-state index is 0.433. The zero-order chi connectivity index (χ0) is 14.4. The Balaban J connectivity index is 1.70. The van der Waals surface area contributed by atoms with Crippen LogP contribution in [0.4, 0.5) is 0 Å². The molecule has 1 N–H and O–H groups in total. The summed E-state index contributed by atoms with van der Waals surface area (Å²) in [6.45, 7) is 11.7. The summed E-state index contributed by atoms with van der Waals surface area (Å²) in [7, 11) is 0. The van der Waals surface area contributed by atoms with E-state index >= 15 is 0 Å². The lowest BCUT2D eigenvalue weighted by molar-refractivity contribution is 0.107. The number of nitrogens with zero attached hydrogens (tertiary/aromatic N) is 2. The van der Waals surface area contributed by atoms with Gasteiger partial charge >= 0.3 is 0 Å². The number of fused-ring (bicyclic) bond motifs is 2. The van der Waals surface area contributed by atoms with Crippen molar-refractivity contribution in [1.82, 2.24) is 14.9 Å². The Bertz CT molecular complexity index is 472. The van der Waals surface area contributed by atoms with Crippen LogP contribution >= 0.6 is 0 Å². The lowest BCUT2D eigenvalue weighted by Gasteiger charge is -2.43. The average molecular weight is 275 g/mol. The van der Waals surface area contributed by atoms with E-state index in [0.29, 0.717) is 16.9 Å². The summed E-state index contributed by atoms with van der Waals surface area (Å²) in [4.78, 5) is 4.31. The van der Waals surface area contributed by atoms with Crippen LogP contribution in [0.3, 0.4) is 0 Å². The molecule has 3 unspecified atom stereocenters. The Labute approximate surface area is 123 Å². The predicted octanol–water partition coefficient (Wildman–Crippen LogP) is 3.60. The van der Waals surface area contributed by atoms with Crippen molar-refractivity contribution in [2.24, 2.45) is 16.7 Å². The van der Waals surface area contributed by atoms with E-state index in [1.807, 2.05) is 12.5 Å². The highest BCUT2D eigenvalue weighted by Gasteiger charge is 2.58. The molecule has 0 radical (unpaired) electrons. The first-order valence-electron chi connectivity index (χ1n) is 8.20. The molecule has 1 aromatic rings. The van der Waals surface area contributed by atoms with E-state index in [0.717, 1.165) is 25.4 Å². The van der Waals surface area contributed by atoms with E-state index < -0.39 is 0 Å². The number of imidazole rings is 1. The van der Waals surface area contributed by atoms with Gasteiger partial charge in [0.05, 0.1) is 12.0 Å². The Morgan fingerprint density at radius 1 is 1.40 bits per heavy atom. The van der Waals surface area contributed by atoms with E-state index in [1.54, 1.807) is 0 Å². The second kappa shape index (κ2) is 4.87. The molecule has 2 saturated carbocycles. The van der Waals surface area contributed by atoms with E-state index in [1.165, 1.54) is 25.0 Å². The monoisotopic (exact) mass is 275 g/mol. The number of aryl methyl sites for hydroxylation is 1. The molecular weight excluding hydrogens is 246 g/mol. The first kappa shape index (κ1) is 14.1. The number of rotatable bonds is 5. The van der Waals surface area contributed by atoms with Gasteiger partial charge < -0.3 is 9.88 Å². The fourth-order valence-corrected chi connectivity index (χ4v) is 4.96. The molecule has 0 saturated heterocycles. The fraction of sp³-hybridized carbons (Fsp3) is 0.824.